The summed E-state index contributed by atoms with van der Waals surface area (Å²) < 4.78 is 0. The maximum atomic E-state index is 5.72. The highest BCUT2D eigenvalue weighted by atomic mass is 35.5. The van der Waals surface area contributed by atoms with Gasteiger partial charge < -0.3 is 4.90 Å². The fraction of sp³-hybridized carbons (Fsp3) is 0.417. The zero-order valence-corrected chi connectivity index (χ0v) is 9.61. The molecule has 0 spiro atoms. The van der Waals surface area contributed by atoms with Crippen molar-refractivity contribution in [1.29, 1.82) is 0 Å². The average Bonchev–Trinajstić information content (AvgIpc) is 2.64. The second kappa shape index (κ2) is 4.77. The summed E-state index contributed by atoms with van der Waals surface area (Å²) in [7, 11) is 2.16. The Balaban J connectivity index is 1.96. The number of likely N-dealkylation sites (tertiary alicyclic amines) is 1. The summed E-state index contributed by atoms with van der Waals surface area (Å²) in [5.74, 6) is 0.686. The van der Waals surface area contributed by atoms with Crippen LogP contribution in [0.3, 0.4) is 0 Å². The van der Waals surface area contributed by atoms with Crippen molar-refractivity contribution in [2.24, 2.45) is 5.92 Å². The molecule has 0 amide bonds. The number of nitrogens with zero attached hydrogens (tertiary/aromatic N) is 2. The fourth-order valence-electron chi connectivity index (χ4n) is 1.86. The number of aromatic nitrogens is 1. The molecule has 1 aromatic heterocycles. The lowest BCUT2D eigenvalue weighted by atomic mass is 10.1. The maximum absolute atomic E-state index is 5.72. The number of rotatable bonds is 2. The van der Waals surface area contributed by atoms with E-state index in [1.54, 1.807) is 6.20 Å². The van der Waals surface area contributed by atoms with E-state index in [-0.39, 0.29) is 0 Å². The molecule has 0 saturated carbocycles. The van der Waals surface area contributed by atoms with Crippen molar-refractivity contribution in [2.75, 3.05) is 20.1 Å². The molecule has 1 aliphatic heterocycles. The molecule has 80 valence electrons. The topological polar surface area (TPSA) is 16.1 Å². The Kier molecular flexibility index (Phi) is 3.39. The van der Waals surface area contributed by atoms with Crippen LogP contribution in [0.2, 0.25) is 5.15 Å². The van der Waals surface area contributed by atoms with Crippen molar-refractivity contribution in [2.45, 2.75) is 6.42 Å². The summed E-state index contributed by atoms with van der Waals surface area (Å²) in [4.78, 5) is 6.40. The molecular formula is C12H15ClN2. The van der Waals surface area contributed by atoms with Gasteiger partial charge in [-0.25, -0.2) is 4.98 Å². The molecule has 1 aliphatic rings. The molecule has 2 heterocycles. The molecule has 1 unspecified atom stereocenters. The highest BCUT2D eigenvalue weighted by Crippen LogP contribution is 2.17. The molecule has 3 heteroatoms. The minimum atomic E-state index is 0.549. The van der Waals surface area contributed by atoms with Gasteiger partial charge in [0.15, 0.2) is 0 Å². The van der Waals surface area contributed by atoms with E-state index in [1.807, 2.05) is 12.1 Å². The second-order valence-electron chi connectivity index (χ2n) is 4.08. The fourth-order valence-corrected chi connectivity index (χ4v) is 1.97. The first-order valence-corrected chi connectivity index (χ1v) is 5.60. The molecule has 0 aromatic carbocycles. The molecule has 1 saturated heterocycles. The minimum Gasteiger partial charge on any atom is -0.306 e. The quantitative estimate of drug-likeness (QED) is 0.716. The SMILES string of the molecule is CN1CCC(C=Cc2ccc(Cl)nc2)C1. The van der Waals surface area contributed by atoms with Crippen LogP contribution in [-0.4, -0.2) is 30.0 Å². The largest absolute Gasteiger partial charge is 0.306 e. The first kappa shape index (κ1) is 10.7. The maximum Gasteiger partial charge on any atom is 0.129 e. The summed E-state index contributed by atoms with van der Waals surface area (Å²) in [6.07, 6.45) is 7.47. The molecule has 1 fully saturated rings. The number of hydrogen-bond acceptors (Lipinski definition) is 2. The number of hydrogen-bond donors (Lipinski definition) is 0. The summed E-state index contributed by atoms with van der Waals surface area (Å²) in [6, 6.07) is 3.81. The number of halogens is 1. The summed E-state index contributed by atoms with van der Waals surface area (Å²) in [5, 5.41) is 0.549. The second-order valence-corrected chi connectivity index (χ2v) is 4.47. The Labute approximate surface area is 95.6 Å². The van der Waals surface area contributed by atoms with Crippen molar-refractivity contribution in [3.63, 3.8) is 0 Å². The predicted octanol–water partition coefficient (Wildman–Crippen LogP) is 2.70. The first-order chi connectivity index (χ1) is 7.24. The van der Waals surface area contributed by atoms with Crippen LogP contribution in [0.4, 0.5) is 0 Å². The van der Waals surface area contributed by atoms with Crippen LogP contribution >= 0.6 is 11.6 Å². The molecule has 0 N–H and O–H groups in total. The highest BCUT2D eigenvalue weighted by molar-refractivity contribution is 6.29. The van der Waals surface area contributed by atoms with Gasteiger partial charge in [0.2, 0.25) is 0 Å². The van der Waals surface area contributed by atoms with Crippen molar-refractivity contribution in [1.82, 2.24) is 9.88 Å². The van der Waals surface area contributed by atoms with Gasteiger partial charge in [-0.2, -0.15) is 0 Å². The molecule has 0 bridgehead atoms. The Hall–Kier alpha value is -0.860. The minimum absolute atomic E-state index is 0.549. The molecular weight excluding hydrogens is 208 g/mol. The Bertz CT molecular complexity index is 345. The normalized spacial score (nSPS) is 22.7. The van der Waals surface area contributed by atoms with E-state index < -0.39 is 0 Å². The van der Waals surface area contributed by atoms with E-state index in [0.717, 1.165) is 12.1 Å². The lowest BCUT2D eigenvalue weighted by Gasteiger charge is -2.05. The first-order valence-electron chi connectivity index (χ1n) is 5.22. The summed E-state index contributed by atoms with van der Waals surface area (Å²) in [5.41, 5.74) is 1.12. The van der Waals surface area contributed by atoms with Gasteiger partial charge in [-0.1, -0.05) is 29.8 Å². The molecule has 1 atom stereocenters. The van der Waals surface area contributed by atoms with Gasteiger partial charge in [0, 0.05) is 12.7 Å². The summed E-state index contributed by atoms with van der Waals surface area (Å²) in [6.45, 7) is 2.37. The lowest BCUT2D eigenvalue weighted by molar-refractivity contribution is 0.408. The average molecular weight is 223 g/mol. The van der Waals surface area contributed by atoms with Crippen LogP contribution in [0.1, 0.15) is 12.0 Å². The smallest absolute Gasteiger partial charge is 0.129 e. The standard InChI is InChI=1S/C12H15ClN2/c1-15-7-6-11(9-15)3-2-10-4-5-12(13)14-8-10/h2-5,8,11H,6-7,9H2,1H3. The highest BCUT2D eigenvalue weighted by Gasteiger charge is 2.15. The van der Waals surface area contributed by atoms with Crippen LogP contribution < -0.4 is 0 Å². The van der Waals surface area contributed by atoms with Gasteiger partial charge in [0.1, 0.15) is 5.15 Å². The van der Waals surface area contributed by atoms with Gasteiger partial charge in [-0.3, -0.25) is 0 Å². The molecule has 15 heavy (non-hydrogen) atoms. The van der Waals surface area contributed by atoms with Crippen molar-refractivity contribution in [3.8, 4) is 0 Å². The molecule has 0 aliphatic carbocycles. The van der Waals surface area contributed by atoms with E-state index in [1.165, 1.54) is 13.0 Å². The zero-order chi connectivity index (χ0) is 10.7. The van der Waals surface area contributed by atoms with Crippen LogP contribution in [0, 0.1) is 5.92 Å². The zero-order valence-electron chi connectivity index (χ0n) is 8.86. The van der Waals surface area contributed by atoms with E-state index in [0.29, 0.717) is 11.1 Å². The van der Waals surface area contributed by atoms with Crippen LogP contribution in [-0.2, 0) is 0 Å². The van der Waals surface area contributed by atoms with Crippen LogP contribution in [0.25, 0.3) is 6.08 Å². The monoisotopic (exact) mass is 222 g/mol. The molecule has 1 aromatic rings. The molecule has 0 radical (unpaired) electrons. The van der Waals surface area contributed by atoms with Gasteiger partial charge >= 0.3 is 0 Å². The third-order valence-corrected chi connectivity index (χ3v) is 2.96. The van der Waals surface area contributed by atoms with E-state index >= 15 is 0 Å². The number of pyridine rings is 1. The van der Waals surface area contributed by atoms with Gasteiger partial charge in [-0.05, 0) is 37.6 Å². The Morgan fingerprint density at radius 2 is 2.40 bits per heavy atom. The van der Waals surface area contributed by atoms with Gasteiger partial charge in [0.25, 0.3) is 0 Å². The van der Waals surface area contributed by atoms with Gasteiger partial charge in [0.05, 0.1) is 0 Å². The van der Waals surface area contributed by atoms with E-state index in [9.17, 15) is 0 Å². The Morgan fingerprint density at radius 1 is 1.53 bits per heavy atom. The van der Waals surface area contributed by atoms with E-state index in [4.69, 9.17) is 11.6 Å². The Morgan fingerprint density at radius 3 is 3.00 bits per heavy atom. The lowest BCUT2D eigenvalue weighted by Crippen LogP contribution is -2.13. The summed E-state index contributed by atoms with van der Waals surface area (Å²) >= 11 is 5.72. The third kappa shape index (κ3) is 3.05. The molecule has 2 nitrogen and oxygen atoms in total. The molecule has 2 rings (SSSR count). The van der Waals surface area contributed by atoms with Crippen LogP contribution in [0.15, 0.2) is 24.4 Å². The van der Waals surface area contributed by atoms with Crippen molar-refractivity contribution >= 4 is 17.7 Å². The predicted molar refractivity (Wildman–Crippen MR) is 63.9 cm³/mol. The van der Waals surface area contributed by atoms with E-state index in [2.05, 4.69) is 29.1 Å². The van der Waals surface area contributed by atoms with Gasteiger partial charge in [-0.15, -0.1) is 0 Å². The third-order valence-electron chi connectivity index (χ3n) is 2.74. The van der Waals surface area contributed by atoms with Crippen LogP contribution in [0.5, 0.6) is 0 Å². The van der Waals surface area contributed by atoms with Crippen molar-refractivity contribution < 1.29 is 0 Å². The van der Waals surface area contributed by atoms with Crippen molar-refractivity contribution in [3.05, 3.63) is 35.1 Å².